The van der Waals surface area contributed by atoms with E-state index in [1.807, 2.05) is 6.92 Å². The largest absolute Gasteiger partial charge is 0.492 e. The fourth-order valence-electron chi connectivity index (χ4n) is 1.30. The lowest BCUT2D eigenvalue weighted by Gasteiger charge is -2.12. The minimum atomic E-state index is -0.137. The highest BCUT2D eigenvalue weighted by molar-refractivity contribution is 14.1. The summed E-state index contributed by atoms with van der Waals surface area (Å²) in [6.07, 6.45) is 0. The van der Waals surface area contributed by atoms with Gasteiger partial charge in [-0.2, -0.15) is 0 Å². The number of hydrogen-bond acceptors (Lipinski definition) is 3. The highest BCUT2D eigenvalue weighted by Crippen LogP contribution is 2.33. The van der Waals surface area contributed by atoms with Gasteiger partial charge in [-0.15, -0.1) is 0 Å². The van der Waals surface area contributed by atoms with Gasteiger partial charge < -0.3 is 14.8 Å². The van der Waals surface area contributed by atoms with Crippen LogP contribution in [0.1, 0.15) is 17.3 Å². The van der Waals surface area contributed by atoms with E-state index in [-0.39, 0.29) is 5.91 Å². The number of rotatable bonds is 4. The lowest BCUT2D eigenvalue weighted by molar-refractivity contribution is 0.0962. The molecule has 5 heteroatoms. The van der Waals surface area contributed by atoms with E-state index in [2.05, 4.69) is 27.9 Å². The predicted molar refractivity (Wildman–Crippen MR) is 70.3 cm³/mol. The Morgan fingerprint density at radius 1 is 1.50 bits per heavy atom. The Balaban J connectivity index is 3.22. The molecule has 0 unspecified atom stereocenters. The van der Waals surface area contributed by atoms with Gasteiger partial charge in [0.2, 0.25) is 0 Å². The summed E-state index contributed by atoms with van der Waals surface area (Å²) in [6, 6.07) is 3.45. The van der Waals surface area contributed by atoms with Crippen molar-refractivity contribution in [3.63, 3.8) is 0 Å². The molecule has 0 spiro atoms. The van der Waals surface area contributed by atoms with Crippen LogP contribution < -0.4 is 14.8 Å². The fraction of sp³-hybridized carbons (Fsp3) is 0.364. The van der Waals surface area contributed by atoms with Crippen molar-refractivity contribution in [1.82, 2.24) is 5.32 Å². The van der Waals surface area contributed by atoms with Crippen molar-refractivity contribution >= 4 is 28.5 Å². The number of carbonyl (C=O) groups is 1. The minimum Gasteiger partial charge on any atom is -0.492 e. The quantitative estimate of drug-likeness (QED) is 0.857. The van der Waals surface area contributed by atoms with Crippen molar-refractivity contribution < 1.29 is 14.3 Å². The zero-order valence-electron chi connectivity index (χ0n) is 9.46. The first-order valence-corrected chi connectivity index (χ1v) is 5.94. The molecule has 0 aromatic heterocycles. The molecule has 1 aromatic carbocycles. The summed E-state index contributed by atoms with van der Waals surface area (Å²) in [7, 11) is 3.18. The van der Waals surface area contributed by atoms with Crippen LogP contribution in [0.5, 0.6) is 11.5 Å². The number of benzene rings is 1. The molecular formula is C11H14INO3. The van der Waals surface area contributed by atoms with Gasteiger partial charge in [-0.1, -0.05) is 0 Å². The molecule has 16 heavy (non-hydrogen) atoms. The van der Waals surface area contributed by atoms with E-state index in [1.54, 1.807) is 26.3 Å². The fourth-order valence-corrected chi connectivity index (χ4v) is 2.13. The van der Waals surface area contributed by atoms with Gasteiger partial charge >= 0.3 is 0 Å². The Labute approximate surface area is 108 Å². The van der Waals surface area contributed by atoms with Gasteiger partial charge in [-0.25, -0.2) is 0 Å². The van der Waals surface area contributed by atoms with Crippen LogP contribution in [0.15, 0.2) is 12.1 Å². The summed E-state index contributed by atoms with van der Waals surface area (Å²) in [5.74, 6) is 1.12. The first kappa shape index (κ1) is 13.1. The van der Waals surface area contributed by atoms with Gasteiger partial charge in [-0.05, 0) is 41.6 Å². The Hall–Kier alpha value is -0.980. The molecule has 1 N–H and O–H groups in total. The summed E-state index contributed by atoms with van der Waals surface area (Å²) in [5.41, 5.74) is 0.566. The molecular weight excluding hydrogens is 321 g/mol. The van der Waals surface area contributed by atoms with Crippen LogP contribution in [0.3, 0.4) is 0 Å². The molecule has 0 radical (unpaired) electrons. The number of hydrogen-bond donors (Lipinski definition) is 1. The van der Waals surface area contributed by atoms with E-state index in [0.717, 1.165) is 3.57 Å². The first-order valence-electron chi connectivity index (χ1n) is 4.86. The minimum absolute atomic E-state index is 0.137. The van der Waals surface area contributed by atoms with Gasteiger partial charge in [0.15, 0.2) is 11.5 Å². The number of amides is 1. The molecule has 0 heterocycles. The van der Waals surface area contributed by atoms with E-state index in [1.165, 1.54) is 0 Å². The molecule has 0 aliphatic heterocycles. The summed E-state index contributed by atoms with van der Waals surface area (Å²) < 4.78 is 11.5. The first-order chi connectivity index (χ1) is 7.63. The van der Waals surface area contributed by atoms with Gasteiger partial charge in [0.25, 0.3) is 5.91 Å². The monoisotopic (exact) mass is 335 g/mol. The van der Waals surface area contributed by atoms with Crippen molar-refractivity contribution in [1.29, 1.82) is 0 Å². The molecule has 0 fully saturated rings. The normalized spacial score (nSPS) is 9.75. The molecule has 0 bridgehead atoms. The average molecular weight is 335 g/mol. The van der Waals surface area contributed by atoms with Gasteiger partial charge in [0.05, 0.1) is 17.3 Å². The van der Waals surface area contributed by atoms with E-state index in [9.17, 15) is 4.79 Å². The van der Waals surface area contributed by atoms with Gasteiger partial charge in [-0.3, -0.25) is 4.79 Å². The molecule has 0 aliphatic rings. The smallest absolute Gasteiger partial charge is 0.251 e. The van der Waals surface area contributed by atoms with Crippen molar-refractivity contribution in [3.05, 3.63) is 21.3 Å². The van der Waals surface area contributed by atoms with Crippen LogP contribution in [-0.2, 0) is 0 Å². The molecule has 88 valence electrons. The van der Waals surface area contributed by atoms with Crippen molar-refractivity contribution in [2.45, 2.75) is 6.92 Å². The maximum Gasteiger partial charge on any atom is 0.251 e. The summed E-state index contributed by atoms with van der Waals surface area (Å²) in [5, 5.41) is 2.58. The Morgan fingerprint density at radius 2 is 2.19 bits per heavy atom. The second-order valence-electron chi connectivity index (χ2n) is 3.00. The Kier molecular flexibility index (Phi) is 4.85. The molecule has 0 aliphatic carbocycles. The maximum atomic E-state index is 11.5. The van der Waals surface area contributed by atoms with Crippen LogP contribution in [0.25, 0.3) is 0 Å². The Morgan fingerprint density at radius 3 is 2.69 bits per heavy atom. The van der Waals surface area contributed by atoms with E-state index in [0.29, 0.717) is 23.7 Å². The molecule has 1 aromatic rings. The SMILES string of the molecule is CCOc1cc(C(=O)NC)cc(I)c1OC. The molecule has 0 saturated heterocycles. The second kappa shape index (κ2) is 5.93. The summed E-state index contributed by atoms with van der Waals surface area (Å²) in [6.45, 7) is 2.42. The van der Waals surface area contributed by atoms with Crippen molar-refractivity contribution in [2.75, 3.05) is 20.8 Å². The molecule has 4 nitrogen and oxygen atoms in total. The third-order valence-electron chi connectivity index (χ3n) is 2.00. The second-order valence-corrected chi connectivity index (χ2v) is 4.16. The number of carbonyl (C=O) groups excluding carboxylic acids is 1. The van der Waals surface area contributed by atoms with E-state index < -0.39 is 0 Å². The van der Waals surface area contributed by atoms with Crippen LogP contribution in [0.2, 0.25) is 0 Å². The molecule has 1 amide bonds. The maximum absolute atomic E-state index is 11.5. The number of nitrogens with one attached hydrogen (secondary N) is 1. The summed E-state index contributed by atoms with van der Waals surface area (Å²) >= 11 is 2.12. The zero-order chi connectivity index (χ0) is 12.1. The average Bonchev–Trinajstić information content (AvgIpc) is 2.28. The number of methoxy groups -OCH3 is 1. The lowest BCUT2D eigenvalue weighted by atomic mass is 10.2. The zero-order valence-corrected chi connectivity index (χ0v) is 11.6. The van der Waals surface area contributed by atoms with E-state index >= 15 is 0 Å². The highest BCUT2D eigenvalue weighted by Gasteiger charge is 2.14. The third kappa shape index (κ3) is 2.78. The Bertz CT molecular complexity index is 393. The van der Waals surface area contributed by atoms with Crippen LogP contribution in [0.4, 0.5) is 0 Å². The standard InChI is InChI=1S/C11H14INO3/c1-4-16-9-6-7(11(14)13-2)5-8(12)10(9)15-3/h5-6H,4H2,1-3H3,(H,13,14). The molecule has 1 rings (SSSR count). The van der Waals surface area contributed by atoms with Crippen molar-refractivity contribution in [3.8, 4) is 11.5 Å². The third-order valence-corrected chi connectivity index (χ3v) is 2.80. The van der Waals surface area contributed by atoms with Crippen LogP contribution in [-0.4, -0.2) is 26.7 Å². The topological polar surface area (TPSA) is 47.6 Å². The molecule has 0 saturated carbocycles. The van der Waals surface area contributed by atoms with Crippen molar-refractivity contribution in [2.24, 2.45) is 0 Å². The van der Waals surface area contributed by atoms with Gasteiger partial charge in [0.1, 0.15) is 0 Å². The van der Waals surface area contributed by atoms with E-state index in [4.69, 9.17) is 9.47 Å². The van der Waals surface area contributed by atoms with Gasteiger partial charge in [0, 0.05) is 12.6 Å². The highest BCUT2D eigenvalue weighted by atomic mass is 127. The number of halogens is 1. The predicted octanol–water partition coefficient (Wildman–Crippen LogP) is 2.06. The molecule has 0 atom stereocenters. The van der Waals surface area contributed by atoms with Crippen LogP contribution in [0, 0.1) is 3.57 Å². The lowest BCUT2D eigenvalue weighted by Crippen LogP contribution is -2.18. The summed E-state index contributed by atoms with van der Waals surface area (Å²) in [4.78, 5) is 11.5. The van der Waals surface area contributed by atoms with Crippen LogP contribution >= 0.6 is 22.6 Å². The number of ether oxygens (including phenoxy) is 2.